The molecule has 0 aromatic carbocycles. The maximum Gasteiger partial charge on any atom is 0.322 e. The summed E-state index contributed by atoms with van der Waals surface area (Å²) in [5.74, 6) is -15.6. The largest absolute Gasteiger partial charge is 0.481 e. The number of unbranched alkanes of at least 4 members (excludes halogenated alkanes) is 2. The highest BCUT2D eigenvalue weighted by Crippen LogP contribution is 2.13. The van der Waals surface area contributed by atoms with Gasteiger partial charge in [0.1, 0.15) is 60.9 Å². The Balaban J connectivity index is 3.78. The van der Waals surface area contributed by atoms with Crippen LogP contribution in [0.1, 0.15) is 115 Å². The highest BCUT2D eigenvalue weighted by atomic mass is 32.2. The second kappa shape index (κ2) is 45.8. The lowest BCUT2D eigenvalue weighted by molar-refractivity contribution is -0.142. The molecule has 40 heteroatoms. The lowest BCUT2D eigenvalue weighted by Gasteiger charge is -2.28. The average molecular weight is 1360 g/mol. The fraction of sp³-hybridized carbons (Fsp3) is 0.648. The molecule has 0 fully saturated rings. The number of nitrogens with two attached hydrogens (primary N) is 8. The number of aromatic nitrogens is 2. The van der Waals surface area contributed by atoms with Crippen LogP contribution in [-0.2, 0) is 73.5 Å². The van der Waals surface area contributed by atoms with Gasteiger partial charge in [-0.25, -0.2) is 4.98 Å². The zero-order valence-corrected chi connectivity index (χ0v) is 53.4. The molecule has 0 bridgehead atoms. The van der Waals surface area contributed by atoms with E-state index in [1.807, 2.05) is 5.32 Å². The number of aromatic amines is 1. The highest BCUT2D eigenvalue weighted by molar-refractivity contribution is 7.98. The Hall–Kier alpha value is -9.44. The van der Waals surface area contributed by atoms with Crippen LogP contribution in [0.4, 0.5) is 0 Å². The van der Waals surface area contributed by atoms with Crippen molar-refractivity contribution in [2.75, 3.05) is 44.7 Å². The lowest BCUT2D eigenvalue weighted by Crippen LogP contribution is -2.61. The van der Waals surface area contributed by atoms with Crippen LogP contribution in [0.15, 0.2) is 22.5 Å². The van der Waals surface area contributed by atoms with Crippen LogP contribution < -0.4 is 99.0 Å². The summed E-state index contributed by atoms with van der Waals surface area (Å²) in [5.41, 5.74) is 44.9. The third kappa shape index (κ3) is 35.4. The van der Waals surface area contributed by atoms with E-state index in [-0.39, 0.29) is 120 Å². The Kier molecular flexibility index (Phi) is 40.2. The number of carbonyl (C=O) groups is 14. The number of imidazole rings is 1. The van der Waals surface area contributed by atoms with Crippen molar-refractivity contribution in [2.45, 2.75) is 176 Å². The number of nitrogens with one attached hydrogen (secondary N) is 11. The first kappa shape index (κ1) is 82.6. The molecule has 1 rings (SSSR count). The number of nitrogens with zero attached hydrogens (tertiary/aromatic N) is 3. The third-order valence-corrected chi connectivity index (χ3v) is 14.2. The Morgan fingerprint density at radius 3 is 1.20 bits per heavy atom. The zero-order valence-electron chi connectivity index (χ0n) is 52.6. The van der Waals surface area contributed by atoms with Gasteiger partial charge in [-0.05, 0) is 115 Å². The number of hydrogen-bond acceptors (Lipinski definition) is 21. The Morgan fingerprint density at radius 1 is 0.479 bits per heavy atom. The first-order valence-electron chi connectivity index (χ1n) is 30.1. The van der Waals surface area contributed by atoms with Gasteiger partial charge < -0.3 is 119 Å². The van der Waals surface area contributed by atoms with Crippen molar-refractivity contribution in [3.05, 3.63) is 18.2 Å². The molecular weight excluding hydrogens is 1260 g/mol. The van der Waals surface area contributed by atoms with Crippen molar-refractivity contribution >= 4 is 107 Å². The molecule has 0 saturated carbocycles. The number of hydrogen-bond donors (Lipinski definition) is 22. The summed E-state index contributed by atoms with van der Waals surface area (Å²) in [7, 11) is 0. The van der Waals surface area contributed by atoms with Crippen LogP contribution in [0.2, 0.25) is 0 Å². The number of rotatable bonds is 50. The van der Waals surface area contributed by atoms with E-state index in [2.05, 4.69) is 67.8 Å². The van der Waals surface area contributed by atoms with E-state index in [0.29, 0.717) is 12.8 Å². The number of aliphatic carboxylic acids is 3. The fourth-order valence-electron chi connectivity index (χ4n) is 8.64. The average Bonchev–Trinajstić information content (AvgIpc) is 1.25. The van der Waals surface area contributed by atoms with Gasteiger partial charge in [-0.1, -0.05) is 0 Å². The number of thioether (sulfide) groups is 1. The van der Waals surface area contributed by atoms with Crippen molar-refractivity contribution in [3.63, 3.8) is 0 Å². The quantitative estimate of drug-likeness (QED) is 0.0164. The van der Waals surface area contributed by atoms with E-state index in [1.54, 1.807) is 6.26 Å². The predicted molar refractivity (Wildman–Crippen MR) is 340 cm³/mol. The first-order chi connectivity index (χ1) is 44.4. The summed E-state index contributed by atoms with van der Waals surface area (Å²) in [6.45, 7) is 0.668. The highest BCUT2D eigenvalue weighted by Gasteiger charge is 2.36. The van der Waals surface area contributed by atoms with E-state index >= 15 is 0 Å². The van der Waals surface area contributed by atoms with Gasteiger partial charge in [0, 0.05) is 44.2 Å². The second-order valence-electron chi connectivity index (χ2n) is 21.5. The SMILES string of the molecule is CSCC[C@H](NC(=O)[C@H](CCCCN)NC(=O)[C@H](CCCN=C(N)N)NC(=O)[C@H](CCCCN)NC(=O)[C@H](CCCN=C(N)N)NC(=O)[C@H](CCC(N)=O)NC(=O)[C@H](C)N)C(=O)N[C@@H](CCC(=O)O)C(=O)N[C@@H](Cc1cnc[nH]1)C(=O)N[C@@H](CC(=O)O)C(=O)NCC(=O)O. The van der Waals surface area contributed by atoms with Crippen molar-refractivity contribution in [3.8, 4) is 0 Å². The van der Waals surface area contributed by atoms with Gasteiger partial charge in [0.05, 0.1) is 18.8 Å². The molecule has 39 nitrogen and oxygen atoms in total. The number of primary amides is 1. The molecule has 0 unspecified atom stereocenters. The molecule has 1 aromatic rings. The van der Waals surface area contributed by atoms with Crippen molar-refractivity contribution < 1.29 is 82.4 Å². The maximum atomic E-state index is 14.6. The number of guanidine groups is 2. The smallest absolute Gasteiger partial charge is 0.322 e. The molecule has 528 valence electrons. The van der Waals surface area contributed by atoms with Crippen LogP contribution in [0.5, 0.6) is 0 Å². The molecular formula is C54H94N22O17S. The van der Waals surface area contributed by atoms with Crippen molar-refractivity contribution in [2.24, 2.45) is 55.9 Å². The molecule has 1 heterocycles. The van der Waals surface area contributed by atoms with E-state index in [1.165, 1.54) is 31.2 Å². The third-order valence-electron chi connectivity index (χ3n) is 13.6. The van der Waals surface area contributed by atoms with E-state index < -0.39 is 176 Å². The maximum absolute atomic E-state index is 14.6. The van der Waals surface area contributed by atoms with Crippen molar-refractivity contribution in [1.82, 2.24) is 63.1 Å². The Bertz CT molecular complexity index is 2730. The van der Waals surface area contributed by atoms with Gasteiger partial charge in [0.25, 0.3) is 0 Å². The lowest BCUT2D eigenvalue weighted by atomic mass is 10.0. The summed E-state index contributed by atoms with van der Waals surface area (Å²) >= 11 is 1.25. The molecule has 0 aliphatic carbocycles. The van der Waals surface area contributed by atoms with E-state index in [4.69, 9.17) is 51.0 Å². The molecule has 11 amide bonds. The second-order valence-corrected chi connectivity index (χ2v) is 22.5. The summed E-state index contributed by atoms with van der Waals surface area (Å²) in [4.78, 5) is 200. The molecule has 0 spiro atoms. The summed E-state index contributed by atoms with van der Waals surface area (Å²) < 4.78 is 0. The standard InChI is InChI=1S/C54H94N22O17S/c1-28(57)43(84)68-34(13-15-39(58)77)49(90)72-33(12-8-21-65-54(61)62)48(89)69-30(9-3-5-18-55)45(86)71-32(11-7-20-64-53(59)60)47(88)70-31(10-4-6-19-56)46(87)74-36(17-22-94-2)51(92)73-35(14-16-40(78)79)50(91)75-37(23-29-25-63-27-67-29)52(93)76-38(24-41(80)81)44(85)66-26-42(82)83/h25,27-28,30-38H,3-24,26,55-57H2,1-2H3,(H2,58,77)(H,63,67)(H,66,85)(H,68,84)(H,69,89)(H,70,88)(H,71,86)(H,72,90)(H,73,92)(H,74,87)(H,75,91)(H,76,93)(H,78,79)(H,80,81)(H,82,83)(H4,59,60,64)(H4,61,62,65)/t28-,30-,31-,32-,33-,34-,35-,36-,37-,38-/m0/s1. The minimum absolute atomic E-state index is 0.0121. The van der Waals surface area contributed by atoms with Crippen LogP contribution in [0.3, 0.4) is 0 Å². The molecule has 0 saturated heterocycles. The van der Waals surface area contributed by atoms with Crippen LogP contribution in [0.25, 0.3) is 0 Å². The number of carboxylic acids is 3. The number of carbonyl (C=O) groups excluding carboxylic acids is 11. The molecule has 0 radical (unpaired) electrons. The zero-order chi connectivity index (χ0) is 70.9. The Morgan fingerprint density at radius 2 is 0.851 bits per heavy atom. The predicted octanol–water partition coefficient (Wildman–Crippen LogP) is -8.41. The van der Waals surface area contributed by atoms with Crippen LogP contribution in [-0.4, -0.2) is 225 Å². The number of aliphatic imine (C=N–C) groups is 2. The minimum atomic E-state index is -1.86. The number of amides is 11. The molecule has 0 aliphatic heterocycles. The summed E-state index contributed by atoms with van der Waals surface area (Å²) in [6, 6.07) is -15.2. The number of carboxylic acid groups (broad SMARTS) is 3. The van der Waals surface area contributed by atoms with E-state index in [9.17, 15) is 77.3 Å². The monoisotopic (exact) mass is 1350 g/mol. The van der Waals surface area contributed by atoms with Crippen LogP contribution >= 0.6 is 11.8 Å². The number of H-pyrrole nitrogens is 1. The molecule has 0 aliphatic rings. The Labute approximate surface area is 545 Å². The molecule has 10 atom stereocenters. The van der Waals surface area contributed by atoms with Gasteiger partial charge in [-0.2, -0.15) is 11.8 Å². The topological polar surface area (TPSA) is 682 Å². The van der Waals surface area contributed by atoms with Gasteiger partial charge in [-0.15, -0.1) is 0 Å². The first-order valence-corrected chi connectivity index (χ1v) is 31.5. The summed E-state index contributed by atoms with van der Waals surface area (Å²) in [5, 5.41) is 52.7. The molecule has 1 aromatic heterocycles. The van der Waals surface area contributed by atoms with Crippen molar-refractivity contribution in [1.29, 1.82) is 0 Å². The van der Waals surface area contributed by atoms with Gasteiger partial charge >= 0.3 is 17.9 Å². The normalized spacial score (nSPS) is 14.1. The van der Waals surface area contributed by atoms with Gasteiger partial charge in [-0.3, -0.25) is 77.1 Å². The van der Waals surface area contributed by atoms with E-state index in [0.717, 1.165) is 0 Å². The molecule has 94 heavy (non-hydrogen) atoms. The minimum Gasteiger partial charge on any atom is -0.481 e. The summed E-state index contributed by atoms with van der Waals surface area (Å²) in [6.07, 6.45) is 1.41. The molecule has 30 N–H and O–H groups in total. The van der Waals surface area contributed by atoms with Gasteiger partial charge in [0.2, 0.25) is 65.0 Å². The fourth-order valence-corrected chi connectivity index (χ4v) is 9.11. The van der Waals surface area contributed by atoms with Gasteiger partial charge in [0.15, 0.2) is 11.9 Å². The van der Waals surface area contributed by atoms with Crippen LogP contribution in [0, 0.1) is 0 Å².